The Labute approximate surface area is 147 Å². The van der Waals surface area contributed by atoms with Crippen LogP contribution in [0, 0.1) is 0 Å². The van der Waals surface area contributed by atoms with Crippen molar-refractivity contribution < 1.29 is 4.79 Å². The molecular formula is C16H15N3OS3. The van der Waals surface area contributed by atoms with Gasteiger partial charge in [-0.3, -0.25) is 4.79 Å². The molecule has 0 aliphatic heterocycles. The van der Waals surface area contributed by atoms with E-state index in [4.69, 9.17) is 0 Å². The van der Waals surface area contributed by atoms with Crippen LogP contribution in [0.15, 0.2) is 52.2 Å². The molecule has 1 amide bonds. The molecule has 2 heterocycles. The van der Waals surface area contributed by atoms with Crippen LogP contribution in [0.1, 0.15) is 16.9 Å². The first-order valence-corrected chi connectivity index (χ1v) is 9.80. The zero-order valence-corrected chi connectivity index (χ0v) is 14.7. The number of carbonyl (C=O) groups excluding carboxylic acids is 1. The highest BCUT2D eigenvalue weighted by Gasteiger charge is 2.09. The van der Waals surface area contributed by atoms with Crippen LogP contribution in [0.5, 0.6) is 0 Å². The van der Waals surface area contributed by atoms with Crippen molar-refractivity contribution in [1.29, 1.82) is 0 Å². The van der Waals surface area contributed by atoms with Gasteiger partial charge >= 0.3 is 0 Å². The number of anilines is 1. The summed E-state index contributed by atoms with van der Waals surface area (Å²) >= 11 is 4.71. The van der Waals surface area contributed by atoms with Gasteiger partial charge in [0, 0.05) is 17.1 Å². The van der Waals surface area contributed by atoms with E-state index in [1.54, 1.807) is 23.1 Å². The maximum atomic E-state index is 11.9. The highest BCUT2D eigenvalue weighted by atomic mass is 32.2. The van der Waals surface area contributed by atoms with Gasteiger partial charge in [-0.15, -0.1) is 21.5 Å². The van der Waals surface area contributed by atoms with Crippen LogP contribution in [0.4, 0.5) is 5.13 Å². The molecule has 0 fully saturated rings. The zero-order chi connectivity index (χ0) is 15.9. The lowest BCUT2D eigenvalue weighted by atomic mass is 10.2. The summed E-state index contributed by atoms with van der Waals surface area (Å²) in [7, 11) is 0. The lowest BCUT2D eigenvalue weighted by Gasteiger charge is -1.99. The lowest BCUT2D eigenvalue weighted by Crippen LogP contribution is -2.11. The minimum atomic E-state index is -0.0193. The van der Waals surface area contributed by atoms with Crippen LogP contribution in [0.2, 0.25) is 0 Å². The summed E-state index contributed by atoms with van der Waals surface area (Å²) in [5.74, 6) is 0.830. The maximum absolute atomic E-state index is 11.9. The summed E-state index contributed by atoms with van der Waals surface area (Å²) in [5.41, 5.74) is 1.24. The van der Waals surface area contributed by atoms with E-state index in [2.05, 4.69) is 27.6 Å². The summed E-state index contributed by atoms with van der Waals surface area (Å²) in [4.78, 5) is 13.1. The highest BCUT2D eigenvalue weighted by molar-refractivity contribution is 8.00. The zero-order valence-electron chi connectivity index (χ0n) is 12.3. The van der Waals surface area contributed by atoms with Gasteiger partial charge in [-0.05, 0) is 23.4 Å². The van der Waals surface area contributed by atoms with E-state index in [1.165, 1.54) is 21.8 Å². The number of carbonyl (C=O) groups is 1. The van der Waals surface area contributed by atoms with Crippen LogP contribution in [-0.2, 0) is 17.0 Å². The molecule has 23 heavy (non-hydrogen) atoms. The first kappa shape index (κ1) is 16.2. The van der Waals surface area contributed by atoms with E-state index < -0.39 is 0 Å². The normalized spacial score (nSPS) is 10.6. The van der Waals surface area contributed by atoms with Crippen molar-refractivity contribution in [1.82, 2.24) is 10.2 Å². The van der Waals surface area contributed by atoms with Crippen LogP contribution in [0.25, 0.3) is 0 Å². The Hall–Kier alpha value is -1.70. The van der Waals surface area contributed by atoms with Crippen molar-refractivity contribution in [3.8, 4) is 0 Å². The van der Waals surface area contributed by atoms with Crippen LogP contribution >= 0.6 is 34.4 Å². The molecule has 7 heteroatoms. The number of thioether (sulfide) groups is 1. The van der Waals surface area contributed by atoms with Crippen molar-refractivity contribution in [2.45, 2.75) is 22.9 Å². The van der Waals surface area contributed by atoms with E-state index in [1.807, 2.05) is 35.7 Å². The van der Waals surface area contributed by atoms with Gasteiger partial charge in [-0.25, -0.2) is 0 Å². The Kier molecular flexibility index (Phi) is 5.79. The Morgan fingerprint density at radius 3 is 2.78 bits per heavy atom. The molecular weight excluding hydrogens is 346 g/mol. The first-order valence-electron chi connectivity index (χ1n) is 7.12. The van der Waals surface area contributed by atoms with Crippen LogP contribution in [0.3, 0.4) is 0 Å². The quantitative estimate of drug-likeness (QED) is 0.498. The third-order valence-electron chi connectivity index (χ3n) is 3.04. The van der Waals surface area contributed by atoms with Gasteiger partial charge in [0.15, 0.2) is 4.34 Å². The Balaban J connectivity index is 1.46. The summed E-state index contributed by atoms with van der Waals surface area (Å²) in [6, 6.07) is 14.3. The Bertz CT molecular complexity index is 741. The number of rotatable bonds is 7. The van der Waals surface area contributed by atoms with Gasteiger partial charge in [-0.1, -0.05) is 59.5 Å². The van der Waals surface area contributed by atoms with Gasteiger partial charge in [0.2, 0.25) is 11.0 Å². The molecule has 0 bridgehead atoms. The molecule has 0 saturated heterocycles. The van der Waals surface area contributed by atoms with Gasteiger partial charge < -0.3 is 5.32 Å². The predicted octanol–water partition coefficient (Wildman–Crippen LogP) is 4.46. The largest absolute Gasteiger partial charge is 0.300 e. The minimum absolute atomic E-state index is 0.0193. The van der Waals surface area contributed by atoms with Crippen molar-refractivity contribution in [2.24, 2.45) is 0 Å². The third kappa shape index (κ3) is 5.16. The average Bonchev–Trinajstić information content (AvgIpc) is 3.24. The van der Waals surface area contributed by atoms with Crippen molar-refractivity contribution in [3.05, 3.63) is 58.3 Å². The molecule has 0 spiro atoms. The summed E-state index contributed by atoms with van der Waals surface area (Å²) < 4.78 is 0.863. The number of hydrogen-bond donors (Lipinski definition) is 1. The Morgan fingerprint density at radius 1 is 1.13 bits per heavy atom. The number of thiophene rings is 1. The molecule has 1 aromatic carbocycles. The fraction of sp³-hybridized carbons (Fsp3) is 0.188. The Morgan fingerprint density at radius 2 is 2.00 bits per heavy atom. The number of benzene rings is 1. The summed E-state index contributed by atoms with van der Waals surface area (Å²) in [6.45, 7) is 0. The second kappa shape index (κ2) is 8.24. The van der Waals surface area contributed by atoms with Gasteiger partial charge in [0.05, 0.1) is 0 Å². The monoisotopic (exact) mass is 361 g/mol. The lowest BCUT2D eigenvalue weighted by molar-refractivity contribution is -0.116. The van der Waals surface area contributed by atoms with E-state index in [0.717, 1.165) is 16.5 Å². The second-order valence-electron chi connectivity index (χ2n) is 4.77. The van der Waals surface area contributed by atoms with Gasteiger partial charge in [0.25, 0.3) is 0 Å². The molecule has 1 N–H and O–H groups in total. The topological polar surface area (TPSA) is 54.9 Å². The first-order chi connectivity index (χ1) is 11.3. The van der Waals surface area contributed by atoms with Crippen molar-refractivity contribution >= 4 is 45.5 Å². The van der Waals surface area contributed by atoms with Crippen LogP contribution < -0.4 is 5.32 Å². The molecule has 118 valence electrons. The molecule has 3 aromatic rings. The molecule has 4 nitrogen and oxygen atoms in total. The highest BCUT2D eigenvalue weighted by Crippen LogP contribution is 2.28. The van der Waals surface area contributed by atoms with E-state index in [0.29, 0.717) is 11.6 Å². The molecule has 0 atom stereocenters. The molecule has 2 aromatic heterocycles. The SMILES string of the molecule is O=C(CCc1cccs1)Nc1nnc(SCc2ccccc2)s1. The number of amides is 1. The van der Waals surface area contributed by atoms with Gasteiger partial charge in [0.1, 0.15) is 0 Å². The molecule has 0 saturated carbocycles. The fourth-order valence-corrected chi connectivity index (χ4v) is 4.34. The number of aromatic nitrogens is 2. The minimum Gasteiger partial charge on any atom is -0.300 e. The molecule has 0 radical (unpaired) electrons. The fourth-order valence-electron chi connectivity index (χ4n) is 1.91. The summed E-state index contributed by atoms with van der Waals surface area (Å²) in [6.07, 6.45) is 1.23. The predicted molar refractivity (Wildman–Crippen MR) is 97.2 cm³/mol. The van der Waals surface area contributed by atoms with Gasteiger partial charge in [-0.2, -0.15) is 0 Å². The second-order valence-corrected chi connectivity index (χ2v) is 8.01. The third-order valence-corrected chi connectivity index (χ3v) is 6.02. The van der Waals surface area contributed by atoms with Crippen molar-refractivity contribution in [2.75, 3.05) is 5.32 Å². The number of aryl methyl sites for hydroxylation is 1. The standard InChI is InChI=1S/C16H15N3OS3/c20-14(9-8-13-7-4-10-21-13)17-15-18-19-16(23-15)22-11-12-5-2-1-3-6-12/h1-7,10H,8-9,11H2,(H,17,18,20). The molecule has 3 rings (SSSR count). The molecule has 0 aliphatic carbocycles. The van der Waals surface area contributed by atoms with E-state index in [9.17, 15) is 4.79 Å². The summed E-state index contributed by atoms with van der Waals surface area (Å²) in [5, 5.41) is 13.6. The molecule has 0 aliphatic rings. The number of nitrogens with one attached hydrogen (secondary N) is 1. The maximum Gasteiger partial charge on any atom is 0.226 e. The average molecular weight is 362 g/mol. The van der Waals surface area contributed by atoms with Crippen LogP contribution in [-0.4, -0.2) is 16.1 Å². The van der Waals surface area contributed by atoms with E-state index >= 15 is 0 Å². The number of hydrogen-bond acceptors (Lipinski definition) is 6. The smallest absolute Gasteiger partial charge is 0.226 e. The van der Waals surface area contributed by atoms with E-state index in [-0.39, 0.29) is 5.91 Å². The number of nitrogens with zero attached hydrogens (tertiary/aromatic N) is 2. The van der Waals surface area contributed by atoms with Crippen molar-refractivity contribution in [3.63, 3.8) is 0 Å². The molecule has 0 unspecified atom stereocenters.